The summed E-state index contributed by atoms with van der Waals surface area (Å²) in [5, 5.41) is 2.71. The zero-order chi connectivity index (χ0) is 15.3. The molecule has 0 spiro atoms. The predicted molar refractivity (Wildman–Crippen MR) is 84.6 cm³/mol. The Bertz CT molecular complexity index is 498. The first kappa shape index (κ1) is 17.2. The van der Waals surface area contributed by atoms with Gasteiger partial charge >= 0.3 is 6.09 Å². The average Bonchev–Trinajstić information content (AvgIpc) is 2.30. The van der Waals surface area contributed by atoms with E-state index < -0.39 is 17.7 Å². The number of carbonyl (C=O) groups excluding carboxylic acids is 2. The second-order valence-electron chi connectivity index (χ2n) is 5.27. The molecule has 0 unspecified atom stereocenters. The van der Waals surface area contributed by atoms with Gasteiger partial charge in [-0.25, -0.2) is 4.79 Å². The summed E-state index contributed by atoms with van der Waals surface area (Å²) in [6, 6.07) is 5.15. The van der Waals surface area contributed by atoms with E-state index in [1.807, 2.05) is 18.2 Å². The van der Waals surface area contributed by atoms with Crippen molar-refractivity contribution in [1.82, 2.24) is 5.32 Å². The summed E-state index contributed by atoms with van der Waals surface area (Å²) in [6.45, 7) is 5.37. The van der Waals surface area contributed by atoms with Gasteiger partial charge in [-0.3, -0.25) is 0 Å². The standard InChI is InChI=1S/C14H17Br2NO3/c1-14(2,3)20-13(19)17-12(6-7-18)9-4-5-10(15)11(16)8-9/h4-5,7-8,12H,6H2,1-3H3,(H,17,19)/t12-/m0/s1. The lowest BCUT2D eigenvalue weighted by Crippen LogP contribution is -2.35. The summed E-state index contributed by atoms with van der Waals surface area (Å²) in [5.74, 6) is 0. The third kappa shape index (κ3) is 5.63. The number of ether oxygens (including phenoxy) is 1. The smallest absolute Gasteiger partial charge is 0.408 e. The van der Waals surface area contributed by atoms with Crippen LogP contribution in [0.3, 0.4) is 0 Å². The largest absolute Gasteiger partial charge is 0.444 e. The Morgan fingerprint density at radius 3 is 2.50 bits per heavy atom. The van der Waals surface area contributed by atoms with Crippen molar-refractivity contribution in [3.05, 3.63) is 32.7 Å². The third-order valence-corrected chi connectivity index (χ3v) is 4.25. The molecule has 0 fully saturated rings. The molecule has 0 saturated carbocycles. The molecule has 4 nitrogen and oxygen atoms in total. The molecule has 6 heteroatoms. The van der Waals surface area contributed by atoms with Gasteiger partial charge in [-0.15, -0.1) is 0 Å². The molecule has 0 aliphatic carbocycles. The maximum atomic E-state index is 11.8. The molecule has 0 aromatic heterocycles. The molecule has 1 aromatic rings. The molecule has 0 bridgehead atoms. The van der Waals surface area contributed by atoms with Crippen molar-refractivity contribution >= 4 is 44.2 Å². The van der Waals surface area contributed by atoms with Crippen molar-refractivity contribution in [2.24, 2.45) is 0 Å². The molecule has 1 atom stereocenters. The summed E-state index contributed by atoms with van der Waals surface area (Å²) in [5.41, 5.74) is 0.258. The van der Waals surface area contributed by atoms with E-state index in [4.69, 9.17) is 4.74 Å². The molecule has 1 amide bonds. The van der Waals surface area contributed by atoms with Gasteiger partial charge in [-0.2, -0.15) is 0 Å². The van der Waals surface area contributed by atoms with Crippen molar-refractivity contribution in [2.75, 3.05) is 0 Å². The van der Waals surface area contributed by atoms with Gasteiger partial charge < -0.3 is 14.8 Å². The number of hydrogen-bond acceptors (Lipinski definition) is 3. The molecule has 0 aliphatic heterocycles. The van der Waals surface area contributed by atoms with E-state index in [1.165, 1.54) is 0 Å². The Labute approximate surface area is 135 Å². The Morgan fingerprint density at radius 2 is 2.00 bits per heavy atom. The predicted octanol–water partition coefficient (Wildman–Crippen LogP) is 4.37. The molecular weight excluding hydrogens is 390 g/mol. The summed E-state index contributed by atoms with van der Waals surface area (Å²) < 4.78 is 6.97. The van der Waals surface area contributed by atoms with Crippen LogP contribution in [0, 0.1) is 0 Å². The van der Waals surface area contributed by atoms with E-state index in [1.54, 1.807) is 20.8 Å². The number of nitrogens with one attached hydrogen (secondary N) is 1. The highest BCUT2D eigenvalue weighted by Gasteiger charge is 2.20. The van der Waals surface area contributed by atoms with Crippen LogP contribution in [0.5, 0.6) is 0 Å². The van der Waals surface area contributed by atoms with Crippen LogP contribution in [0.4, 0.5) is 4.79 Å². The third-order valence-electron chi connectivity index (χ3n) is 2.37. The van der Waals surface area contributed by atoms with Crippen molar-refractivity contribution < 1.29 is 14.3 Å². The normalized spacial score (nSPS) is 12.7. The van der Waals surface area contributed by atoms with Gasteiger partial charge in [0.2, 0.25) is 0 Å². The number of halogens is 2. The zero-order valence-corrected chi connectivity index (χ0v) is 14.7. The maximum Gasteiger partial charge on any atom is 0.408 e. The highest BCUT2D eigenvalue weighted by molar-refractivity contribution is 9.13. The minimum Gasteiger partial charge on any atom is -0.444 e. The lowest BCUT2D eigenvalue weighted by atomic mass is 10.0. The number of rotatable bonds is 4. The minimum atomic E-state index is -0.573. The highest BCUT2D eigenvalue weighted by atomic mass is 79.9. The van der Waals surface area contributed by atoms with E-state index >= 15 is 0 Å². The molecule has 1 rings (SSSR count). The van der Waals surface area contributed by atoms with Gasteiger partial charge in [0, 0.05) is 15.4 Å². The Hall–Kier alpha value is -0.880. The van der Waals surface area contributed by atoms with Gasteiger partial charge in [0.1, 0.15) is 11.9 Å². The van der Waals surface area contributed by atoms with Crippen molar-refractivity contribution in [1.29, 1.82) is 0 Å². The van der Waals surface area contributed by atoms with E-state index in [0.717, 1.165) is 20.8 Å². The first-order valence-electron chi connectivity index (χ1n) is 6.11. The van der Waals surface area contributed by atoms with Crippen molar-refractivity contribution in [2.45, 2.75) is 38.8 Å². The van der Waals surface area contributed by atoms with Crippen LogP contribution in [-0.4, -0.2) is 18.0 Å². The molecule has 1 aromatic carbocycles. The average molecular weight is 407 g/mol. The Kier molecular flexibility index (Phi) is 6.20. The van der Waals surface area contributed by atoms with Crippen LogP contribution in [0.1, 0.15) is 38.8 Å². The molecule has 0 radical (unpaired) electrons. The van der Waals surface area contributed by atoms with Crippen LogP contribution < -0.4 is 5.32 Å². The Balaban J connectivity index is 2.85. The van der Waals surface area contributed by atoms with Crippen LogP contribution in [0.15, 0.2) is 27.1 Å². The topological polar surface area (TPSA) is 55.4 Å². The van der Waals surface area contributed by atoms with Gasteiger partial charge in [0.15, 0.2) is 0 Å². The molecule has 1 N–H and O–H groups in total. The minimum absolute atomic E-state index is 0.188. The number of aldehydes is 1. The molecule has 0 saturated heterocycles. The van der Waals surface area contributed by atoms with Gasteiger partial charge in [-0.05, 0) is 70.3 Å². The number of amides is 1. The summed E-state index contributed by atoms with van der Waals surface area (Å²) in [4.78, 5) is 22.6. The van der Waals surface area contributed by atoms with Crippen LogP contribution in [0.25, 0.3) is 0 Å². The molecular formula is C14H17Br2NO3. The number of carbonyl (C=O) groups is 2. The maximum absolute atomic E-state index is 11.8. The second-order valence-corrected chi connectivity index (χ2v) is 6.98. The lowest BCUT2D eigenvalue weighted by Gasteiger charge is -2.23. The first-order chi connectivity index (χ1) is 9.23. The second kappa shape index (κ2) is 7.22. The van der Waals surface area contributed by atoms with E-state index in [2.05, 4.69) is 37.2 Å². The zero-order valence-electron chi connectivity index (χ0n) is 11.6. The van der Waals surface area contributed by atoms with Gasteiger partial charge in [-0.1, -0.05) is 6.07 Å². The molecule has 0 heterocycles. The summed E-state index contributed by atoms with van der Waals surface area (Å²) in [7, 11) is 0. The fourth-order valence-electron chi connectivity index (χ4n) is 1.55. The van der Waals surface area contributed by atoms with E-state index in [9.17, 15) is 9.59 Å². The lowest BCUT2D eigenvalue weighted by molar-refractivity contribution is -0.108. The fourth-order valence-corrected chi connectivity index (χ4v) is 2.20. The van der Waals surface area contributed by atoms with Gasteiger partial charge in [0.25, 0.3) is 0 Å². The van der Waals surface area contributed by atoms with Crippen LogP contribution in [0.2, 0.25) is 0 Å². The van der Waals surface area contributed by atoms with E-state index in [0.29, 0.717) is 0 Å². The van der Waals surface area contributed by atoms with Crippen molar-refractivity contribution in [3.8, 4) is 0 Å². The highest BCUT2D eigenvalue weighted by Crippen LogP contribution is 2.27. The monoisotopic (exact) mass is 405 g/mol. The number of benzene rings is 1. The van der Waals surface area contributed by atoms with Gasteiger partial charge in [0.05, 0.1) is 6.04 Å². The van der Waals surface area contributed by atoms with E-state index in [-0.39, 0.29) is 6.42 Å². The quantitative estimate of drug-likeness (QED) is 0.755. The SMILES string of the molecule is CC(C)(C)OC(=O)N[C@@H](CC=O)c1ccc(Br)c(Br)c1. The molecule has 20 heavy (non-hydrogen) atoms. The number of hydrogen-bond donors (Lipinski definition) is 1. The molecule has 0 aliphatic rings. The van der Waals surface area contributed by atoms with Crippen molar-refractivity contribution in [3.63, 3.8) is 0 Å². The number of alkyl carbamates (subject to hydrolysis) is 1. The van der Waals surface area contributed by atoms with Crippen LogP contribution >= 0.6 is 31.9 Å². The fraction of sp³-hybridized carbons (Fsp3) is 0.429. The molecule has 110 valence electrons. The van der Waals surface area contributed by atoms with Crippen LogP contribution in [-0.2, 0) is 9.53 Å². The summed E-state index contributed by atoms with van der Waals surface area (Å²) >= 11 is 6.78. The summed E-state index contributed by atoms with van der Waals surface area (Å²) in [6.07, 6.45) is 0.425. The first-order valence-corrected chi connectivity index (χ1v) is 7.69. The Morgan fingerprint density at radius 1 is 1.35 bits per heavy atom.